The van der Waals surface area contributed by atoms with Crippen molar-refractivity contribution in [2.75, 3.05) is 11.6 Å². The summed E-state index contributed by atoms with van der Waals surface area (Å²) in [6.07, 6.45) is 5.41. The van der Waals surface area contributed by atoms with Crippen LogP contribution in [0.15, 0.2) is 53.4 Å². The molecule has 0 aliphatic carbocycles. The van der Waals surface area contributed by atoms with Crippen molar-refractivity contribution >= 4 is 21.4 Å². The topological polar surface area (TPSA) is 93.9 Å². The smallest absolute Gasteiger partial charge is 0.256 e. The molecule has 0 spiro atoms. The maximum Gasteiger partial charge on any atom is 0.256 e. The maximum absolute atomic E-state index is 12.7. The summed E-state index contributed by atoms with van der Waals surface area (Å²) in [5.74, 6) is 1.31. The van der Waals surface area contributed by atoms with Crippen LogP contribution in [0.2, 0.25) is 0 Å². The van der Waals surface area contributed by atoms with Crippen molar-refractivity contribution in [2.24, 2.45) is 0 Å². The Morgan fingerprint density at radius 3 is 2.69 bits per heavy atom. The molecule has 4 rings (SSSR count). The molecule has 0 saturated heterocycles. The average Bonchev–Trinajstić information content (AvgIpc) is 2.96. The number of fused-ring (bicyclic) bond motifs is 1. The lowest BCUT2D eigenvalue weighted by molar-refractivity contribution is 0.102. The van der Waals surface area contributed by atoms with Gasteiger partial charge >= 0.3 is 0 Å². The quantitative estimate of drug-likeness (QED) is 0.712. The summed E-state index contributed by atoms with van der Waals surface area (Å²) in [5, 5.41) is 11.5. The summed E-state index contributed by atoms with van der Waals surface area (Å²) in [6.45, 7) is 0.885. The third kappa shape index (κ3) is 4.07. The lowest BCUT2D eigenvalue weighted by Gasteiger charge is -2.11. The average molecular weight is 410 g/mol. The van der Waals surface area contributed by atoms with Crippen LogP contribution in [-0.4, -0.2) is 35.3 Å². The molecule has 7 nitrogen and oxygen atoms in total. The Hall–Kier alpha value is -3.00. The predicted molar refractivity (Wildman–Crippen MR) is 111 cm³/mol. The van der Waals surface area contributed by atoms with Gasteiger partial charge in [-0.15, -0.1) is 10.2 Å². The van der Waals surface area contributed by atoms with Crippen molar-refractivity contribution in [2.45, 2.75) is 37.1 Å². The summed E-state index contributed by atoms with van der Waals surface area (Å²) in [7, 11) is -3.51. The highest BCUT2D eigenvalue weighted by Crippen LogP contribution is 2.25. The Morgan fingerprint density at radius 1 is 1.03 bits per heavy atom. The Labute approximate surface area is 169 Å². The van der Waals surface area contributed by atoms with Crippen molar-refractivity contribution < 1.29 is 13.2 Å². The zero-order chi connectivity index (χ0) is 20.4. The molecule has 1 aromatic heterocycles. The lowest BCUT2D eigenvalue weighted by atomic mass is 10.1. The fourth-order valence-electron chi connectivity index (χ4n) is 3.61. The van der Waals surface area contributed by atoms with Crippen molar-refractivity contribution in [1.82, 2.24) is 14.8 Å². The van der Waals surface area contributed by atoms with Crippen molar-refractivity contribution in [1.29, 1.82) is 0 Å². The molecule has 2 heterocycles. The third-order valence-electron chi connectivity index (χ3n) is 5.02. The van der Waals surface area contributed by atoms with Crippen LogP contribution in [0.1, 0.15) is 35.4 Å². The molecule has 0 atom stereocenters. The minimum Gasteiger partial charge on any atom is -0.322 e. The first kappa shape index (κ1) is 19.3. The third-order valence-corrected chi connectivity index (χ3v) is 6.17. The highest BCUT2D eigenvalue weighted by Gasteiger charge is 2.19. The number of aromatic nitrogens is 3. The van der Waals surface area contributed by atoms with Crippen molar-refractivity contribution in [3.8, 4) is 11.4 Å². The fourth-order valence-corrected chi connectivity index (χ4v) is 4.50. The molecule has 8 heteroatoms. The van der Waals surface area contributed by atoms with E-state index in [4.69, 9.17) is 0 Å². The number of nitrogens with zero attached hydrogens (tertiary/aromatic N) is 3. The van der Waals surface area contributed by atoms with E-state index in [1.807, 2.05) is 18.2 Å². The minimum absolute atomic E-state index is 0.0106. The normalized spacial score (nSPS) is 14.1. The lowest BCUT2D eigenvalue weighted by Crippen LogP contribution is -2.16. The number of rotatable bonds is 4. The second-order valence-electron chi connectivity index (χ2n) is 7.21. The molecule has 1 amide bonds. The summed E-state index contributed by atoms with van der Waals surface area (Å²) in [4.78, 5) is 12.8. The first-order valence-corrected chi connectivity index (χ1v) is 11.5. The van der Waals surface area contributed by atoms with Crippen molar-refractivity contribution in [3.05, 3.63) is 59.9 Å². The highest BCUT2D eigenvalue weighted by molar-refractivity contribution is 7.90. The van der Waals surface area contributed by atoms with Gasteiger partial charge in [0.25, 0.3) is 5.91 Å². The van der Waals surface area contributed by atoms with Gasteiger partial charge in [0, 0.05) is 30.5 Å². The van der Waals surface area contributed by atoms with E-state index in [2.05, 4.69) is 20.1 Å². The molecule has 3 aromatic rings. The van der Waals surface area contributed by atoms with Crippen LogP contribution in [0.3, 0.4) is 0 Å². The number of amides is 1. The minimum atomic E-state index is -3.51. The van der Waals surface area contributed by atoms with Crippen LogP contribution in [-0.2, 0) is 22.8 Å². The van der Waals surface area contributed by atoms with E-state index in [0.29, 0.717) is 5.69 Å². The van der Waals surface area contributed by atoms with E-state index in [-0.39, 0.29) is 10.5 Å². The number of hydrogen-bond donors (Lipinski definition) is 1. The predicted octanol–water partition coefficient (Wildman–Crippen LogP) is 3.33. The van der Waals surface area contributed by atoms with E-state index >= 15 is 0 Å². The number of nitrogens with one attached hydrogen (secondary N) is 1. The standard InChI is InChI=1S/C21H22N4O3S/c1-29(27,28)18-11-5-4-10-17(18)21(26)22-16-9-7-8-15(14-16)20-24-23-19-12-3-2-6-13-25(19)20/h4-5,7-11,14H,2-3,6,12-13H2,1H3,(H,22,26). The van der Waals surface area contributed by atoms with Crippen LogP contribution in [0.5, 0.6) is 0 Å². The molecule has 0 bridgehead atoms. The van der Waals surface area contributed by atoms with Crippen LogP contribution in [0.4, 0.5) is 5.69 Å². The second kappa shape index (κ2) is 7.79. The summed E-state index contributed by atoms with van der Waals surface area (Å²) in [5.41, 5.74) is 1.55. The van der Waals surface area contributed by atoms with Crippen molar-refractivity contribution in [3.63, 3.8) is 0 Å². The Bertz CT molecular complexity index is 1170. The molecular weight excluding hydrogens is 388 g/mol. The zero-order valence-electron chi connectivity index (χ0n) is 16.1. The van der Waals surface area contributed by atoms with E-state index in [1.165, 1.54) is 18.6 Å². The molecule has 0 fully saturated rings. The molecule has 0 unspecified atom stereocenters. The van der Waals surface area contributed by atoms with Crippen LogP contribution in [0, 0.1) is 0 Å². The number of benzene rings is 2. The largest absolute Gasteiger partial charge is 0.322 e. The second-order valence-corrected chi connectivity index (χ2v) is 9.19. The fraction of sp³-hybridized carbons (Fsp3) is 0.286. The van der Waals surface area contributed by atoms with Gasteiger partial charge in [0.1, 0.15) is 5.82 Å². The molecule has 1 aliphatic rings. The van der Waals surface area contributed by atoms with E-state index in [1.54, 1.807) is 18.2 Å². The maximum atomic E-state index is 12.7. The Kier molecular flexibility index (Phi) is 5.19. The molecule has 150 valence electrons. The molecule has 1 aliphatic heterocycles. The van der Waals surface area contributed by atoms with Crippen LogP contribution >= 0.6 is 0 Å². The number of carbonyl (C=O) groups is 1. The van der Waals surface area contributed by atoms with Crippen LogP contribution < -0.4 is 5.32 Å². The van der Waals surface area contributed by atoms with Gasteiger partial charge in [-0.25, -0.2) is 8.42 Å². The number of hydrogen-bond acceptors (Lipinski definition) is 5. The van der Waals surface area contributed by atoms with E-state index in [9.17, 15) is 13.2 Å². The van der Waals surface area contributed by atoms with Gasteiger partial charge in [0.05, 0.1) is 10.5 Å². The molecular formula is C21H22N4O3S. The van der Waals surface area contributed by atoms with Gasteiger partial charge in [-0.05, 0) is 37.1 Å². The van der Waals surface area contributed by atoms with Gasteiger partial charge in [-0.1, -0.05) is 30.7 Å². The molecule has 2 aromatic carbocycles. The SMILES string of the molecule is CS(=O)(=O)c1ccccc1C(=O)Nc1cccc(-c2nnc3n2CCCCC3)c1. The number of carbonyl (C=O) groups excluding carboxylic acids is 1. The molecule has 0 radical (unpaired) electrons. The van der Waals surface area contributed by atoms with Gasteiger partial charge in [0.2, 0.25) is 0 Å². The summed E-state index contributed by atoms with van der Waals surface area (Å²) < 4.78 is 26.1. The van der Waals surface area contributed by atoms with Gasteiger partial charge in [-0.3, -0.25) is 4.79 Å². The summed E-state index contributed by atoms with van der Waals surface area (Å²) >= 11 is 0. The zero-order valence-corrected chi connectivity index (χ0v) is 16.9. The van der Waals surface area contributed by atoms with Gasteiger partial charge < -0.3 is 9.88 Å². The van der Waals surface area contributed by atoms with Gasteiger partial charge in [-0.2, -0.15) is 0 Å². The Morgan fingerprint density at radius 2 is 1.86 bits per heavy atom. The van der Waals surface area contributed by atoms with Gasteiger partial charge in [0.15, 0.2) is 15.7 Å². The van der Waals surface area contributed by atoms with E-state index in [0.717, 1.165) is 49.3 Å². The number of sulfone groups is 1. The number of anilines is 1. The van der Waals surface area contributed by atoms with E-state index < -0.39 is 15.7 Å². The number of aryl methyl sites for hydroxylation is 1. The summed E-state index contributed by atoms with van der Waals surface area (Å²) in [6, 6.07) is 13.6. The monoisotopic (exact) mass is 410 g/mol. The molecule has 29 heavy (non-hydrogen) atoms. The first-order chi connectivity index (χ1) is 13.9. The highest BCUT2D eigenvalue weighted by atomic mass is 32.2. The Balaban J connectivity index is 1.63. The van der Waals surface area contributed by atoms with Crippen LogP contribution in [0.25, 0.3) is 11.4 Å². The molecule has 0 saturated carbocycles. The molecule has 1 N–H and O–H groups in total. The first-order valence-electron chi connectivity index (χ1n) is 9.56.